The number of hydrogen-bond acceptors (Lipinski definition) is 3. The first-order valence-electron chi connectivity index (χ1n) is 5.50. The average Bonchev–Trinajstić information content (AvgIpc) is 2.66. The Balaban J connectivity index is 1.98. The van der Waals surface area contributed by atoms with Crippen LogP contribution < -0.4 is 0 Å². The lowest BCUT2D eigenvalue weighted by atomic mass is 10.1. The Labute approximate surface area is 105 Å². The standard InChI is InChI=1S/C13H16OS2/c1-9-3-5-11(6-4-9)13-7-12(8-15-13)16-10(2)14/h3-6,12-13H,7-8H2,1-2H3. The second-order valence-corrected chi connectivity index (χ2v) is 6.91. The van der Waals surface area contributed by atoms with Crippen molar-refractivity contribution in [3.8, 4) is 0 Å². The molecule has 1 heterocycles. The number of aryl methyl sites for hydroxylation is 1. The predicted octanol–water partition coefficient (Wildman–Crippen LogP) is 3.82. The fourth-order valence-electron chi connectivity index (χ4n) is 1.93. The number of benzene rings is 1. The fraction of sp³-hybridized carbons (Fsp3) is 0.462. The van der Waals surface area contributed by atoms with Crippen LogP contribution in [0.2, 0.25) is 0 Å². The molecule has 1 aliphatic heterocycles. The Kier molecular flexibility index (Phi) is 3.98. The molecule has 2 unspecified atom stereocenters. The van der Waals surface area contributed by atoms with Crippen LogP contribution in [0.3, 0.4) is 0 Å². The summed E-state index contributed by atoms with van der Waals surface area (Å²) in [5.41, 5.74) is 2.71. The van der Waals surface area contributed by atoms with E-state index in [2.05, 4.69) is 31.2 Å². The molecule has 0 amide bonds. The highest BCUT2D eigenvalue weighted by Crippen LogP contribution is 2.44. The molecule has 2 atom stereocenters. The van der Waals surface area contributed by atoms with Gasteiger partial charge in [0.15, 0.2) is 5.12 Å². The third-order valence-corrected chi connectivity index (χ3v) is 5.44. The zero-order valence-corrected chi connectivity index (χ0v) is 11.2. The Morgan fingerprint density at radius 3 is 2.69 bits per heavy atom. The molecule has 1 saturated heterocycles. The van der Waals surface area contributed by atoms with Crippen molar-refractivity contribution in [2.24, 2.45) is 0 Å². The first-order chi connectivity index (χ1) is 7.65. The van der Waals surface area contributed by atoms with E-state index < -0.39 is 0 Å². The molecule has 16 heavy (non-hydrogen) atoms. The van der Waals surface area contributed by atoms with Gasteiger partial charge in [0.25, 0.3) is 0 Å². The number of carbonyl (C=O) groups excluding carboxylic acids is 1. The summed E-state index contributed by atoms with van der Waals surface area (Å²) >= 11 is 3.48. The van der Waals surface area contributed by atoms with Gasteiger partial charge in [-0.15, -0.1) is 0 Å². The summed E-state index contributed by atoms with van der Waals surface area (Å²) in [4.78, 5) is 11.0. The Hall–Kier alpha value is -0.410. The van der Waals surface area contributed by atoms with E-state index in [1.807, 2.05) is 11.8 Å². The molecular weight excluding hydrogens is 236 g/mol. The molecule has 0 N–H and O–H groups in total. The fourth-order valence-corrected chi connectivity index (χ4v) is 4.62. The number of carbonyl (C=O) groups is 1. The average molecular weight is 252 g/mol. The maximum absolute atomic E-state index is 11.0. The first kappa shape index (κ1) is 12.1. The smallest absolute Gasteiger partial charge is 0.186 e. The van der Waals surface area contributed by atoms with Gasteiger partial charge in [-0.2, -0.15) is 11.8 Å². The quantitative estimate of drug-likeness (QED) is 0.796. The molecule has 0 spiro atoms. The monoisotopic (exact) mass is 252 g/mol. The van der Waals surface area contributed by atoms with Crippen molar-refractivity contribution in [3.63, 3.8) is 0 Å². The van der Waals surface area contributed by atoms with Crippen LogP contribution in [0.15, 0.2) is 24.3 Å². The van der Waals surface area contributed by atoms with E-state index in [-0.39, 0.29) is 5.12 Å². The predicted molar refractivity (Wildman–Crippen MR) is 73.1 cm³/mol. The maximum atomic E-state index is 11.0. The van der Waals surface area contributed by atoms with E-state index in [0.717, 1.165) is 12.2 Å². The molecule has 1 fully saturated rings. The largest absolute Gasteiger partial charge is 0.288 e. The molecule has 2 rings (SSSR count). The summed E-state index contributed by atoms with van der Waals surface area (Å²) in [6, 6.07) is 8.77. The first-order valence-corrected chi connectivity index (χ1v) is 7.43. The summed E-state index contributed by atoms with van der Waals surface area (Å²) in [7, 11) is 0. The summed E-state index contributed by atoms with van der Waals surface area (Å²) < 4.78 is 0. The highest BCUT2D eigenvalue weighted by Gasteiger charge is 2.27. The molecular formula is C13H16OS2. The number of rotatable bonds is 2. The highest BCUT2D eigenvalue weighted by molar-refractivity contribution is 8.15. The van der Waals surface area contributed by atoms with Crippen molar-refractivity contribution >= 4 is 28.6 Å². The number of hydrogen-bond donors (Lipinski definition) is 0. The van der Waals surface area contributed by atoms with Crippen molar-refractivity contribution in [1.29, 1.82) is 0 Å². The SMILES string of the molecule is CC(=O)SC1CSC(c2ccc(C)cc2)C1. The molecule has 1 aromatic rings. The Morgan fingerprint density at radius 1 is 1.38 bits per heavy atom. The van der Waals surface area contributed by atoms with Crippen LogP contribution in [0.5, 0.6) is 0 Å². The third-order valence-electron chi connectivity index (χ3n) is 2.74. The van der Waals surface area contributed by atoms with Crippen LogP contribution in [0.4, 0.5) is 0 Å². The van der Waals surface area contributed by atoms with E-state index in [9.17, 15) is 4.79 Å². The minimum Gasteiger partial charge on any atom is -0.288 e. The summed E-state index contributed by atoms with van der Waals surface area (Å²) in [6.45, 7) is 3.77. The van der Waals surface area contributed by atoms with Gasteiger partial charge in [-0.1, -0.05) is 41.6 Å². The molecule has 0 radical (unpaired) electrons. The van der Waals surface area contributed by atoms with Gasteiger partial charge in [0.1, 0.15) is 0 Å². The summed E-state index contributed by atoms with van der Waals surface area (Å²) in [6.07, 6.45) is 1.12. The molecule has 0 saturated carbocycles. The van der Waals surface area contributed by atoms with Crippen molar-refractivity contribution in [2.45, 2.75) is 30.8 Å². The van der Waals surface area contributed by atoms with Crippen LogP contribution in [0.25, 0.3) is 0 Å². The zero-order valence-electron chi connectivity index (χ0n) is 9.60. The molecule has 0 bridgehead atoms. The molecule has 1 aromatic carbocycles. The van der Waals surface area contributed by atoms with Gasteiger partial charge in [0.05, 0.1) is 0 Å². The molecule has 86 valence electrons. The van der Waals surface area contributed by atoms with E-state index in [4.69, 9.17) is 0 Å². The minimum atomic E-state index is 0.246. The van der Waals surface area contributed by atoms with Gasteiger partial charge < -0.3 is 0 Å². The lowest BCUT2D eigenvalue weighted by Crippen LogP contribution is -2.03. The lowest BCUT2D eigenvalue weighted by Gasteiger charge is -2.09. The molecule has 1 nitrogen and oxygen atoms in total. The third kappa shape index (κ3) is 3.05. The Morgan fingerprint density at radius 2 is 2.06 bits per heavy atom. The van der Waals surface area contributed by atoms with Crippen molar-refractivity contribution < 1.29 is 4.79 Å². The van der Waals surface area contributed by atoms with E-state index >= 15 is 0 Å². The number of thioether (sulfide) groups is 2. The van der Waals surface area contributed by atoms with Gasteiger partial charge in [-0.25, -0.2) is 0 Å². The second-order valence-electron chi connectivity index (χ2n) is 4.20. The molecule has 1 aliphatic rings. The minimum absolute atomic E-state index is 0.246. The Bertz CT molecular complexity index is 372. The summed E-state index contributed by atoms with van der Waals surface area (Å²) in [5.74, 6) is 1.10. The van der Waals surface area contributed by atoms with Crippen molar-refractivity contribution in [1.82, 2.24) is 0 Å². The van der Waals surface area contributed by atoms with Crippen LogP contribution in [-0.4, -0.2) is 16.1 Å². The van der Waals surface area contributed by atoms with Gasteiger partial charge >= 0.3 is 0 Å². The van der Waals surface area contributed by atoms with E-state index in [1.54, 1.807) is 6.92 Å². The normalized spacial score (nSPS) is 24.6. The topological polar surface area (TPSA) is 17.1 Å². The van der Waals surface area contributed by atoms with Crippen molar-refractivity contribution in [3.05, 3.63) is 35.4 Å². The molecule has 0 aromatic heterocycles. The van der Waals surface area contributed by atoms with Crippen molar-refractivity contribution in [2.75, 3.05) is 5.75 Å². The van der Waals surface area contributed by atoms with Crippen LogP contribution in [0.1, 0.15) is 29.7 Å². The van der Waals surface area contributed by atoms with Gasteiger partial charge in [0, 0.05) is 23.2 Å². The zero-order chi connectivity index (χ0) is 11.5. The van der Waals surface area contributed by atoms with Crippen LogP contribution >= 0.6 is 23.5 Å². The molecule has 0 aliphatic carbocycles. The second kappa shape index (κ2) is 5.28. The van der Waals surface area contributed by atoms with Crippen LogP contribution in [-0.2, 0) is 4.79 Å². The lowest BCUT2D eigenvalue weighted by molar-refractivity contribution is -0.109. The van der Waals surface area contributed by atoms with E-state index in [0.29, 0.717) is 10.5 Å². The molecule has 3 heteroatoms. The summed E-state index contributed by atoms with van der Waals surface area (Å²) in [5, 5.41) is 1.33. The van der Waals surface area contributed by atoms with Gasteiger partial charge in [0.2, 0.25) is 0 Å². The maximum Gasteiger partial charge on any atom is 0.186 e. The van der Waals surface area contributed by atoms with Gasteiger partial charge in [-0.05, 0) is 18.9 Å². The highest BCUT2D eigenvalue weighted by atomic mass is 32.2. The van der Waals surface area contributed by atoms with Crippen LogP contribution in [0, 0.1) is 6.92 Å². The van der Waals surface area contributed by atoms with E-state index in [1.165, 1.54) is 22.9 Å². The van der Waals surface area contributed by atoms with Gasteiger partial charge in [-0.3, -0.25) is 4.79 Å².